The van der Waals surface area contributed by atoms with Gasteiger partial charge in [-0.25, -0.2) is 8.42 Å². The Morgan fingerprint density at radius 3 is 2.45 bits per heavy atom. The summed E-state index contributed by atoms with van der Waals surface area (Å²) >= 11 is 3.31. The number of ether oxygens (including phenoxy) is 1. The van der Waals surface area contributed by atoms with Gasteiger partial charge in [-0.1, -0.05) is 0 Å². The molecule has 0 radical (unpaired) electrons. The zero-order valence-corrected chi connectivity index (χ0v) is 19.0. The number of nitrogens with zero attached hydrogens (tertiary/aromatic N) is 2. The normalized spacial score (nSPS) is 15.2. The summed E-state index contributed by atoms with van der Waals surface area (Å²) in [5, 5.41) is 2.84. The summed E-state index contributed by atoms with van der Waals surface area (Å²) in [5.74, 6) is -0.368. The van der Waals surface area contributed by atoms with Gasteiger partial charge in [0.2, 0.25) is 10.0 Å². The lowest BCUT2D eigenvalue weighted by molar-refractivity contribution is 0.0730. The van der Waals surface area contributed by atoms with Crippen LogP contribution in [0.5, 0.6) is 0 Å². The van der Waals surface area contributed by atoms with Crippen molar-refractivity contribution in [3.63, 3.8) is 0 Å². The molecule has 29 heavy (non-hydrogen) atoms. The standard InChI is InChI=1S/C20H24BrN3O4S/c1-14-12-16(5-7-18(14)23(2)3)22-20(25)15-4-6-17(21)19(13-15)29(26,27)24-8-10-28-11-9-24/h4-7,12-13H,8-11H2,1-3H3,(H,22,25). The molecule has 0 saturated carbocycles. The number of aryl methyl sites for hydroxylation is 1. The molecule has 0 unspecified atom stereocenters. The molecule has 1 N–H and O–H groups in total. The molecule has 0 spiro atoms. The largest absolute Gasteiger partial charge is 0.379 e. The molecule has 0 aromatic heterocycles. The predicted molar refractivity (Wildman–Crippen MR) is 117 cm³/mol. The molecule has 156 valence electrons. The number of halogens is 1. The molecular weight excluding hydrogens is 458 g/mol. The van der Waals surface area contributed by atoms with Gasteiger partial charge in [0.05, 0.1) is 18.1 Å². The van der Waals surface area contributed by atoms with E-state index in [0.717, 1.165) is 11.3 Å². The Hall–Kier alpha value is -1.94. The van der Waals surface area contributed by atoms with Crippen molar-refractivity contribution in [3.05, 3.63) is 52.0 Å². The van der Waals surface area contributed by atoms with Crippen molar-refractivity contribution in [1.82, 2.24) is 4.31 Å². The van der Waals surface area contributed by atoms with Gasteiger partial charge in [0.25, 0.3) is 5.91 Å². The highest BCUT2D eigenvalue weighted by Gasteiger charge is 2.29. The molecule has 1 aliphatic rings. The zero-order valence-electron chi connectivity index (χ0n) is 16.6. The number of carbonyl (C=O) groups is 1. The SMILES string of the molecule is Cc1cc(NC(=O)c2ccc(Br)c(S(=O)(=O)N3CCOCC3)c2)ccc1N(C)C. The maximum Gasteiger partial charge on any atom is 0.255 e. The number of rotatable bonds is 5. The number of carbonyl (C=O) groups excluding carboxylic acids is 1. The lowest BCUT2D eigenvalue weighted by Crippen LogP contribution is -2.40. The molecule has 7 nitrogen and oxygen atoms in total. The van der Waals surface area contributed by atoms with Crippen LogP contribution in [0.3, 0.4) is 0 Å². The number of hydrogen-bond acceptors (Lipinski definition) is 5. The first-order valence-electron chi connectivity index (χ1n) is 9.17. The van der Waals surface area contributed by atoms with Crippen LogP contribution < -0.4 is 10.2 Å². The van der Waals surface area contributed by atoms with Crippen LogP contribution >= 0.6 is 15.9 Å². The minimum atomic E-state index is -3.72. The lowest BCUT2D eigenvalue weighted by atomic mass is 10.1. The van der Waals surface area contributed by atoms with Gasteiger partial charge in [-0.2, -0.15) is 4.31 Å². The molecule has 1 amide bonds. The van der Waals surface area contributed by atoms with Crippen LogP contribution in [-0.2, 0) is 14.8 Å². The lowest BCUT2D eigenvalue weighted by Gasteiger charge is -2.26. The van der Waals surface area contributed by atoms with Crippen LogP contribution in [0.2, 0.25) is 0 Å². The number of anilines is 2. The van der Waals surface area contributed by atoms with E-state index in [-0.39, 0.29) is 16.4 Å². The summed E-state index contributed by atoms with van der Waals surface area (Å²) in [7, 11) is 0.192. The molecule has 1 saturated heterocycles. The molecule has 0 bridgehead atoms. The minimum Gasteiger partial charge on any atom is -0.379 e. The van der Waals surface area contributed by atoms with E-state index in [1.807, 2.05) is 44.1 Å². The average Bonchev–Trinajstić information content (AvgIpc) is 2.68. The van der Waals surface area contributed by atoms with Crippen LogP contribution in [0, 0.1) is 6.92 Å². The molecular formula is C20H24BrN3O4S. The van der Waals surface area contributed by atoms with E-state index in [0.29, 0.717) is 36.5 Å². The van der Waals surface area contributed by atoms with Crippen LogP contribution in [-0.4, -0.2) is 59.0 Å². The molecule has 2 aromatic carbocycles. The number of nitrogens with one attached hydrogen (secondary N) is 1. The average molecular weight is 482 g/mol. The summed E-state index contributed by atoms with van der Waals surface area (Å²) in [6.45, 7) is 3.28. The highest BCUT2D eigenvalue weighted by molar-refractivity contribution is 9.10. The monoisotopic (exact) mass is 481 g/mol. The third-order valence-electron chi connectivity index (χ3n) is 4.72. The van der Waals surface area contributed by atoms with Crippen molar-refractivity contribution in [2.75, 3.05) is 50.6 Å². The molecule has 3 rings (SSSR count). The van der Waals surface area contributed by atoms with Gasteiger partial charge in [-0.15, -0.1) is 0 Å². The number of hydrogen-bond donors (Lipinski definition) is 1. The topological polar surface area (TPSA) is 79.0 Å². The van der Waals surface area contributed by atoms with Crippen LogP contribution in [0.15, 0.2) is 45.8 Å². The van der Waals surface area contributed by atoms with E-state index < -0.39 is 10.0 Å². The third-order valence-corrected chi connectivity index (χ3v) is 7.61. The first-order chi connectivity index (χ1) is 13.7. The van der Waals surface area contributed by atoms with Crippen LogP contribution in [0.25, 0.3) is 0 Å². The summed E-state index contributed by atoms with van der Waals surface area (Å²) in [6.07, 6.45) is 0. The Labute approximate surface area is 179 Å². The minimum absolute atomic E-state index is 0.0752. The van der Waals surface area contributed by atoms with Gasteiger partial charge in [-0.3, -0.25) is 4.79 Å². The number of morpholine rings is 1. The molecule has 0 aliphatic carbocycles. The molecule has 1 heterocycles. The Morgan fingerprint density at radius 1 is 1.14 bits per heavy atom. The first-order valence-corrected chi connectivity index (χ1v) is 11.4. The highest BCUT2D eigenvalue weighted by Crippen LogP contribution is 2.28. The van der Waals surface area contributed by atoms with Crippen molar-refractivity contribution >= 4 is 43.2 Å². The van der Waals surface area contributed by atoms with E-state index in [1.165, 1.54) is 10.4 Å². The Kier molecular flexibility index (Phi) is 6.62. The van der Waals surface area contributed by atoms with Gasteiger partial charge in [0.1, 0.15) is 0 Å². The Bertz CT molecular complexity index is 1020. The third kappa shape index (κ3) is 4.80. The maximum absolute atomic E-state index is 13.0. The van der Waals surface area contributed by atoms with Crippen molar-refractivity contribution in [2.45, 2.75) is 11.8 Å². The number of sulfonamides is 1. The van der Waals surface area contributed by atoms with Crippen molar-refractivity contribution in [1.29, 1.82) is 0 Å². The maximum atomic E-state index is 13.0. The smallest absolute Gasteiger partial charge is 0.255 e. The van der Waals surface area contributed by atoms with Crippen molar-refractivity contribution in [2.24, 2.45) is 0 Å². The van der Waals surface area contributed by atoms with Gasteiger partial charge in [0.15, 0.2) is 0 Å². The van der Waals surface area contributed by atoms with Gasteiger partial charge >= 0.3 is 0 Å². The Balaban J connectivity index is 1.85. The van der Waals surface area contributed by atoms with E-state index >= 15 is 0 Å². The van der Waals surface area contributed by atoms with Gasteiger partial charge in [-0.05, 0) is 64.8 Å². The van der Waals surface area contributed by atoms with Gasteiger partial charge in [0, 0.05) is 48.6 Å². The van der Waals surface area contributed by atoms with Crippen molar-refractivity contribution < 1.29 is 17.9 Å². The second kappa shape index (κ2) is 8.83. The second-order valence-corrected chi connectivity index (χ2v) is 9.77. The predicted octanol–water partition coefficient (Wildman–Crippen LogP) is 3.10. The van der Waals surface area contributed by atoms with E-state index in [1.54, 1.807) is 12.1 Å². The fourth-order valence-corrected chi connectivity index (χ4v) is 5.57. The van der Waals surface area contributed by atoms with E-state index in [9.17, 15) is 13.2 Å². The van der Waals surface area contributed by atoms with Crippen molar-refractivity contribution in [3.8, 4) is 0 Å². The fourth-order valence-electron chi connectivity index (χ4n) is 3.21. The number of amides is 1. The Morgan fingerprint density at radius 2 is 1.83 bits per heavy atom. The molecule has 1 aliphatic heterocycles. The molecule has 1 fully saturated rings. The summed E-state index contributed by atoms with van der Waals surface area (Å²) in [5.41, 5.74) is 3.01. The summed E-state index contributed by atoms with van der Waals surface area (Å²) in [4.78, 5) is 14.8. The first kappa shape index (κ1) is 21.8. The molecule has 2 aromatic rings. The van der Waals surface area contributed by atoms with Gasteiger partial charge < -0.3 is 15.0 Å². The number of benzene rings is 2. The fraction of sp³-hybridized carbons (Fsp3) is 0.350. The van der Waals surface area contributed by atoms with E-state index in [4.69, 9.17) is 4.74 Å². The summed E-state index contributed by atoms with van der Waals surface area (Å²) in [6, 6.07) is 10.2. The second-order valence-electron chi connectivity index (χ2n) is 7.01. The van der Waals surface area contributed by atoms with Crippen LogP contribution in [0.1, 0.15) is 15.9 Å². The summed E-state index contributed by atoms with van der Waals surface area (Å²) < 4.78 is 33.0. The quantitative estimate of drug-likeness (QED) is 0.709. The molecule has 9 heteroatoms. The highest BCUT2D eigenvalue weighted by atomic mass is 79.9. The molecule has 0 atom stereocenters. The van der Waals surface area contributed by atoms with E-state index in [2.05, 4.69) is 21.2 Å². The van der Waals surface area contributed by atoms with Crippen LogP contribution in [0.4, 0.5) is 11.4 Å². The zero-order chi connectivity index (χ0) is 21.2.